The van der Waals surface area contributed by atoms with Gasteiger partial charge in [0.15, 0.2) is 23.9 Å². The number of fused-ring (bicyclic) bond motifs is 1. The quantitative estimate of drug-likeness (QED) is 0.425. The van der Waals surface area contributed by atoms with Gasteiger partial charge in [0.2, 0.25) is 5.75 Å². The Balaban J connectivity index is 1.55. The van der Waals surface area contributed by atoms with Gasteiger partial charge in [-0.2, -0.15) is 0 Å². The molecule has 0 saturated heterocycles. The standard InChI is InChI=1S/C22H21NO7/c1-14(24)16-4-3-5-17(12-16)23-20(25)13-30-21(26)7-6-15-10-18(27-2)22-19(11-15)28-8-9-29-22/h3-7,10-12H,8-9,13H2,1-2H3,(H,23,25)/b7-6+. The van der Waals surface area contributed by atoms with Gasteiger partial charge in [0.25, 0.3) is 5.91 Å². The molecule has 0 spiro atoms. The van der Waals surface area contributed by atoms with Crippen molar-refractivity contribution in [1.29, 1.82) is 0 Å². The minimum absolute atomic E-state index is 0.113. The van der Waals surface area contributed by atoms with Gasteiger partial charge in [-0.1, -0.05) is 12.1 Å². The summed E-state index contributed by atoms with van der Waals surface area (Å²) in [6, 6.07) is 9.92. The molecule has 0 unspecified atom stereocenters. The Morgan fingerprint density at radius 3 is 2.70 bits per heavy atom. The Morgan fingerprint density at radius 2 is 1.93 bits per heavy atom. The van der Waals surface area contributed by atoms with Gasteiger partial charge >= 0.3 is 5.97 Å². The molecule has 1 aliphatic heterocycles. The van der Waals surface area contributed by atoms with Gasteiger partial charge < -0.3 is 24.3 Å². The lowest BCUT2D eigenvalue weighted by Gasteiger charge is -2.20. The summed E-state index contributed by atoms with van der Waals surface area (Å²) in [5.41, 5.74) is 1.57. The Morgan fingerprint density at radius 1 is 1.13 bits per heavy atom. The molecule has 2 aromatic rings. The second-order valence-corrected chi connectivity index (χ2v) is 6.37. The fraction of sp³-hybridized carbons (Fsp3) is 0.227. The number of amides is 1. The fourth-order valence-electron chi connectivity index (χ4n) is 2.75. The molecule has 0 aliphatic carbocycles. The van der Waals surface area contributed by atoms with E-state index in [2.05, 4.69) is 5.32 Å². The number of methoxy groups -OCH3 is 1. The third-order valence-corrected chi connectivity index (χ3v) is 4.16. The molecular formula is C22H21NO7. The van der Waals surface area contributed by atoms with E-state index in [4.69, 9.17) is 18.9 Å². The normalized spacial score (nSPS) is 12.3. The third-order valence-electron chi connectivity index (χ3n) is 4.16. The van der Waals surface area contributed by atoms with Crippen molar-refractivity contribution >= 4 is 29.4 Å². The first-order valence-corrected chi connectivity index (χ1v) is 9.19. The van der Waals surface area contributed by atoms with Crippen LogP contribution in [0.15, 0.2) is 42.5 Å². The highest BCUT2D eigenvalue weighted by Crippen LogP contribution is 2.40. The Bertz CT molecular complexity index is 980. The summed E-state index contributed by atoms with van der Waals surface area (Å²) in [4.78, 5) is 35.3. The molecule has 8 heteroatoms. The summed E-state index contributed by atoms with van der Waals surface area (Å²) >= 11 is 0. The molecule has 3 rings (SSSR count). The van der Waals surface area contributed by atoms with Crippen molar-refractivity contribution in [3.63, 3.8) is 0 Å². The number of carbonyl (C=O) groups excluding carboxylic acids is 3. The van der Waals surface area contributed by atoms with Crippen molar-refractivity contribution in [3.05, 3.63) is 53.6 Å². The van der Waals surface area contributed by atoms with E-state index < -0.39 is 18.5 Å². The van der Waals surface area contributed by atoms with Crippen LogP contribution in [-0.4, -0.2) is 44.6 Å². The molecule has 0 bridgehead atoms. The molecule has 0 atom stereocenters. The Hall–Kier alpha value is -3.81. The molecule has 1 heterocycles. The number of esters is 1. The lowest BCUT2D eigenvalue weighted by atomic mass is 10.1. The number of hydrogen-bond donors (Lipinski definition) is 1. The molecule has 156 valence electrons. The zero-order chi connectivity index (χ0) is 21.5. The van der Waals surface area contributed by atoms with Crippen molar-refractivity contribution in [2.24, 2.45) is 0 Å². The van der Waals surface area contributed by atoms with Crippen molar-refractivity contribution in [2.45, 2.75) is 6.92 Å². The van der Waals surface area contributed by atoms with Gasteiger partial charge in [0.05, 0.1) is 7.11 Å². The highest BCUT2D eigenvalue weighted by molar-refractivity contribution is 5.98. The van der Waals surface area contributed by atoms with E-state index in [0.717, 1.165) is 0 Å². The average molecular weight is 411 g/mol. The van der Waals surface area contributed by atoms with Crippen LogP contribution in [0, 0.1) is 0 Å². The van der Waals surface area contributed by atoms with E-state index in [-0.39, 0.29) is 5.78 Å². The zero-order valence-electron chi connectivity index (χ0n) is 16.6. The van der Waals surface area contributed by atoms with Crippen LogP contribution in [0.4, 0.5) is 5.69 Å². The van der Waals surface area contributed by atoms with Crippen LogP contribution in [0.5, 0.6) is 17.2 Å². The highest BCUT2D eigenvalue weighted by atomic mass is 16.6. The lowest BCUT2D eigenvalue weighted by Crippen LogP contribution is -2.20. The van der Waals surface area contributed by atoms with Crippen LogP contribution in [0.3, 0.4) is 0 Å². The van der Waals surface area contributed by atoms with Crippen molar-refractivity contribution < 1.29 is 33.3 Å². The number of ether oxygens (including phenoxy) is 4. The molecule has 1 aliphatic rings. The number of hydrogen-bond acceptors (Lipinski definition) is 7. The van der Waals surface area contributed by atoms with Crippen molar-refractivity contribution in [3.8, 4) is 17.2 Å². The minimum Gasteiger partial charge on any atom is -0.493 e. The Kier molecular flexibility index (Phi) is 6.69. The van der Waals surface area contributed by atoms with E-state index in [9.17, 15) is 14.4 Å². The molecule has 1 N–H and O–H groups in total. The molecule has 2 aromatic carbocycles. The first-order valence-electron chi connectivity index (χ1n) is 9.19. The van der Waals surface area contributed by atoms with E-state index in [0.29, 0.717) is 47.3 Å². The first kappa shape index (κ1) is 20.9. The second kappa shape index (κ2) is 9.60. The lowest BCUT2D eigenvalue weighted by molar-refractivity contribution is -0.142. The van der Waals surface area contributed by atoms with Crippen LogP contribution in [0.2, 0.25) is 0 Å². The van der Waals surface area contributed by atoms with Gasteiger partial charge in [0, 0.05) is 17.3 Å². The number of benzene rings is 2. The molecule has 0 radical (unpaired) electrons. The molecule has 0 fully saturated rings. The number of anilines is 1. The predicted molar refractivity (Wildman–Crippen MR) is 109 cm³/mol. The topological polar surface area (TPSA) is 100 Å². The number of nitrogens with one attached hydrogen (secondary N) is 1. The summed E-state index contributed by atoms with van der Waals surface area (Å²) in [7, 11) is 1.51. The molecule has 8 nitrogen and oxygen atoms in total. The van der Waals surface area contributed by atoms with Crippen molar-refractivity contribution in [2.75, 3.05) is 32.2 Å². The highest BCUT2D eigenvalue weighted by Gasteiger charge is 2.18. The smallest absolute Gasteiger partial charge is 0.331 e. The first-order chi connectivity index (χ1) is 14.5. The van der Waals surface area contributed by atoms with E-state index >= 15 is 0 Å². The van der Waals surface area contributed by atoms with E-state index in [1.807, 2.05) is 0 Å². The maximum Gasteiger partial charge on any atom is 0.331 e. The summed E-state index contributed by atoms with van der Waals surface area (Å²) in [6.07, 6.45) is 2.73. The van der Waals surface area contributed by atoms with Crippen LogP contribution < -0.4 is 19.5 Å². The maximum absolute atomic E-state index is 12.0. The SMILES string of the molecule is COc1cc(/C=C/C(=O)OCC(=O)Nc2cccc(C(C)=O)c2)cc2c1OCCO2. The van der Waals surface area contributed by atoms with Crippen LogP contribution in [0.25, 0.3) is 6.08 Å². The molecule has 30 heavy (non-hydrogen) atoms. The molecular weight excluding hydrogens is 390 g/mol. The monoisotopic (exact) mass is 411 g/mol. The largest absolute Gasteiger partial charge is 0.493 e. The second-order valence-electron chi connectivity index (χ2n) is 6.37. The number of ketones is 1. The molecule has 0 aromatic heterocycles. The molecule has 0 saturated carbocycles. The zero-order valence-corrected chi connectivity index (χ0v) is 16.6. The predicted octanol–water partition coefficient (Wildman–Crippen LogP) is 2.86. The maximum atomic E-state index is 12.0. The summed E-state index contributed by atoms with van der Waals surface area (Å²) in [5.74, 6) is 0.232. The third kappa shape index (κ3) is 5.38. The van der Waals surface area contributed by atoms with Gasteiger partial charge in [0.1, 0.15) is 13.2 Å². The number of rotatable bonds is 7. The number of Topliss-reactive ketones (excluding diaryl/α,β-unsaturated/α-hetero) is 1. The van der Waals surface area contributed by atoms with Gasteiger partial charge in [-0.25, -0.2) is 4.79 Å². The van der Waals surface area contributed by atoms with Gasteiger partial charge in [-0.3, -0.25) is 9.59 Å². The molecule has 1 amide bonds. The van der Waals surface area contributed by atoms with E-state index in [1.54, 1.807) is 36.4 Å². The van der Waals surface area contributed by atoms with Crippen LogP contribution in [0.1, 0.15) is 22.8 Å². The minimum atomic E-state index is -0.684. The summed E-state index contributed by atoms with van der Waals surface area (Å²) in [6.45, 7) is 1.84. The van der Waals surface area contributed by atoms with Crippen molar-refractivity contribution in [1.82, 2.24) is 0 Å². The summed E-state index contributed by atoms with van der Waals surface area (Å²) < 4.78 is 21.3. The van der Waals surface area contributed by atoms with Gasteiger partial charge in [-0.05, 0) is 42.8 Å². The number of carbonyl (C=O) groups is 3. The van der Waals surface area contributed by atoms with Crippen LogP contribution >= 0.6 is 0 Å². The summed E-state index contributed by atoms with van der Waals surface area (Å²) in [5, 5.41) is 2.58. The Labute approximate surface area is 173 Å². The van der Waals surface area contributed by atoms with Crippen LogP contribution in [-0.2, 0) is 14.3 Å². The average Bonchev–Trinajstić information content (AvgIpc) is 2.75. The van der Waals surface area contributed by atoms with E-state index in [1.165, 1.54) is 26.2 Å². The van der Waals surface area contributed by atoms with Gasteiger partial charge in [-0.15, -0.1) is 0 Å². The fourth-order valence-corrected chi connectivity index (χ4v) is 2.75.